The van der Waals surface area contributed by atoms with Gasteiger partial charge in [-0.15, -0.1) is 0 Å². The molecule has 0 heterocycles. The maximum absolute atomic E-state index is 13.7. The van der Waals surface area contributed by atoms with E-state index in [0.717, 1.165) is 12.5 Å². The van der Waals surface area contributed by atoms with Gasteiger partial charge in [-0.25, -0.2) is 4.39 Å². The first-order chi connectivity index (χ1) is 10.8. The lowest BCUT2D eigenvalue weighted by molar-refractivity contribution is -0.136. The molecule has 1 aromatic rings. The molecule has 0 aliphatic carbocycles. The summed E-state index contributed by atoms with van der Waals surface area (Å²) in [6, 6.07) is 3.97. The van der Waals surface area contributed by atoms with Crippen molar-refractivity contribution in [3.63, 3.8) is 0 Å². The van der Waals surface area contributed by atoms with Gasteiger partial charge < -0.3 is 15.2 Å². The number of ether oxygens (including phenoxy) is 1. The second-order valence-corrected chi connectivity index (χ2v) is 5.99. The van der Waals surface area contributed by atoms with Crippen LogP contribution >= 0.6 is 0 Å². The smallest absolute Gasteiger partial charge is 0.307 e. The Morgan fingerprint density at radius 1 is 1.30 bits per heavy atom. The predicted molar refractivity (Wildman–Crippen MR) is 85.9 cm³/mol. The lowest BCUT2D eigenvalue weighted by Gasteiger charge is -2.15. The third-order valence-electron chi connectivity index (χ3n) is 3.21. The molecule has 0 radical (unpaired) electrons. The van der Waals surface area contributed by atoms with E-state index >= 15 is 0 Å². The van der Waals surface area contributed by atoms with E-state index < -0.39 is 11.8 Å². The van der Waals surface area contributed by atoms with Crippen LogP contribution in [0.5, 0.6) is 0 Å². The monoisotopic (exact) mass is 325 g/mol. The van der Waals surface area contributed by atoms with Gasteiger partial charge >= 0.3 is 5.97 Å². The number of carbonyl (C=O) groups excluding carboxylic acids is 1. The standard InChI is InChI=1S/C17H24FNO4/c1-11(2)8-12(3)23-7-6-16(20)19-14-5-4-13(9-17(21)22)15(18)10-14/h4-5,10-12H,6-9H2,1-3H3,(H,19,20)(H,21,22). The van der Waals surface area contributed by atoms with Gasteiger partial charge in [-0.2, -0.15) is 0 Å². The summed E-state index contributed by atoms with van der Waals surface area (Å²) in [5.41, 5.74) is 0.387. The molecule has 0 fully saturated rings. The van der Waals surface area contributed by atoms with Crippen LogP contribution in [-0.4, -0.2) is 29.7 Å². The van der Waals surface area contributed by atoms with Crippen LogP contribution in [0, 0.1) is 11.7 Å². The molecule has 6 heteroatoms. The van der Waals surface area contributed by atoms with Crippen molar-refractivity contribution in [2.75, 3.05) is 11.9 Å². The lowest BCUT2D eigenvalue weighted by Crippen LogP contribution is -2.18. The second-order valence-electron chi connectivity index (χ2n) is 5.99. The zero-order valence-electron chi connectivity index (χ0n) is 13.8. The van der Waals surface area contributed by atoms with E-state index in [1.54, 1.807) is 0 Å². The molecular weight excluding hydrogens is 301 g/mol. The number of nitrogens with one attached hydrogen (secondary N) is 1. The highest BCUT2D eigenvalue weighted by molar-refractivity contribution is 5.90. The van der Waals surface area contributed by atoms with Crippen molar-refractivity contribution in [3.05, 3.63) is 29.6 Å². The summed E-state index contributed by atoms with van der Waals surface area (Å²) < 4.78 is 19.2. The topological polar surface area (TPSA) is 75.6 Å². The van der Waals surface area contributed by atoms with Gasteiger partial charge in [-0.3, -0.25) is 9.59 Å². The first-order valence-corrected chi connectivity index (χ1v) is 7.69. The molecule has 1 aromatic carbocycles. The number of hydrogen-bond acceptors (Lipinski definition) is 3. The zero-order valence-corrected chi connectivity index (χ0v) is 13.8. The van der Waals surface area contributed by atoms with E-state index in [4.69, 9.17) is 9.84 Å². The van der Waals surface area contributed by atoms with Crippen molar-refractivity contribution in [1.82, 2.24) is 0 Å². The highest BCUT2D eigenvalue weighted by Gasteiger charge is 2.10. The van der Waals surface area contributed by atoms with E-state index in [0.29, 0.717) is 18.2 Å². The summed E-state index contributed by atoms with van der Waals surface area (Å²) in [6.07, 6.45) is 0.816. The summed E-state index contributed by atoms with van der Waals surface area (Å²) in [4.78, 5) is 22.4. The van der Waals surface area contributed by atoms with Crippen LogP contribution in [0.1, 0.15) is 39.2 Å². The van der Waals surface area contributed by atoms with Gasteiger partial charge in [0.25, 0.3) is 0 Å². The summed E-state index contributed by atoms with van der Waals surface area (Å²) >= 11 is 0. The van der Waals surface area contributed by atoms with Gasteiger partial charge in [0.05, 0.1) is 25.6 Å². The number of carboxylic acids is 1. The molecule has 1 amide bonds. The number of aliphatic carboxylic acids is 1. The molecule has 1 atom stereocenters. The molecule has 0 saturated carbocycles. The average molecular weight is 325 g/mol. The number of carbonyl (C=O) groups is 2. The Morgan fingerprint density at radius 3 is 2.57 bits per heavy atom. The van der Waals surface area contributed by atoms with Gasteiger partial charge in [-0.05, 0) is 37.0 Å². The van der Waals surface area contributed by atoms with E-state index in [2.05, 4.69) is 19.2 Å². The molecule has 1 rings (SSSR count). The van der Waals surface area contributed by atoms with Crippen LogP contribution in [0.4, 0.5) is 10.1 Å². The molecule has 0 bridgehead atoms. The first-order valence-electron chi connectivity index (χ1n) is 7.69. The van der Waals surface area contributed by atoms with Crippen LogP contribution in [0.25, 0.3) is 0 Å². The first kappa shape index (κ1) is 19.1. The van der Waals surface area contributed by atoms with Crippen LogP contribution < -0.4 is 5.32 Å². The molecular formula is C17H24FNO4. The summed E-state index contributed by atoms with van der Waals surface area (Å²) in [5, 5.41) is 11.2. The van der Waals surface area contributed by atoms with Crippen molar-refractivity contribution in [1.29, 1.82) is 0 Å². The summed E-state index contributed by atoms with van der Waals surface area (Å²) in [6.45, 7) is 6.48. The van der Waals surface area contributed by atoms with Gasteiger partial charge in [0.2, 0.25) is 5.91 Å². The third kappa shape index (κ3) is 7.74. The second kappa shape index (κ2) is 9.25. The van der Waals surface area contributed by atoms with Crippen LogP contribution in [0.2, 0.25) is 0 Å². The van der Waals surface area contributed by atoms with Gasteiger partial charge in [-0.1, -0.05) is 19.9 Å². The summed E-state index contributed by atoms with van der Waals surface area (Å²) in [7, 11) is 0. The summed E-state index contributed by atoms with van der Waals surface area (Å²) in [5.74, 6) is -1.49. The molecule has 0 aliphatic heterocycles. The number of amides is 1. The van der Waals surface area contributed by atoms with Crippen molar-refractivity contribution in [2.45, 2.75) is 46.1 Å². The average Bonchev–Trinajstić information content (AvgIpc) is 2.40. The normalized spacial score (nSPS) is 12.2. The third-order valence-corrected chi connectivity index (χ3v) is 3.21. The molecule has 0 aliphatic rings. The minimum atomic E-state index is -1.10. The van der Waals surface area contributed by atoms with Gasteiger partial charge in [0, 0.05) is 5.69 Å². The Bertz CT molecular complexity index is 545. The van der Waals surface area contributed by atoms with E-state index in [-0.39, 0.29) is 30.4 Å². The Morgan fingerprint density at radius 2 is 2.00 bits per heavy atom. The fourth-order valence-electron chi connectivity index (χ4n) is 2.24. The van der Waals surface area contributed by atoms with E-state index in [9.17, 15) is 14.0 Å². The van der Waals surface area contributed by atoms with E-state index in [1.807, 2.05) is 6.92 Å². The Labute approximate surface area is 135 Å². The molecule has 128 valence electrons. The SMILES string of the molecule is CC(C)CC(C)OCCC(=O)Nc1ccc(CC(=O)O)c(F)c1. The van der Waals surface area contributed by atoms with Crippen LogP contribution in [0.3, 0.4) is 0 Å². The van der Waals surface area contributed by atoms with Gasteiger partial charge in [0.1, 0.15) is 5.82 Å². The van der Waals surface area contributed by atoms with Crippen molar-refractivity contribution in [2.24, 2.45) is 5.92 Å². The molecule has 0 saturated heterocycles. The number of rotatable bonds is 9. The molecule has 23 heavy (non-hydrogen) atoms. The van der Waals surface area contributed by atoms with Crippen molar-refractivity contribution < 1.29 is 23.8 Å². The quantitative estimate of drug-likeness (QED) is 0.731. The maximum atomic E-state index is 13.7. The molecule has 0 spiro atoms. The highest BCUT2D eigenvalue weighted by atomic mass is 19.1. The van der Waals surface area contributed by atoms with Gasteiger partial charge in [0.15, 0.2) is 0 Å². The number of benzene rings is 1. The molecule has 0 aromatic heterocycles. The molecule has 2 N–H and O–H groups in total. The number of anilines is 1. The highest BCUT2D eigenvalue weighted by Crippen LogP contribution is 2.15. The Kier molecular flexibility index (Phi) is 7.68. The van der Waals surface area contributed by atoms with Crippen molar-refractivity contribution >= 4 is 17.6 Å². The number of carboxylic acid groups (broad SMARTS) is 1. The minimum absolute atomic E-state index is 0.0846. The predicted octanol–water partition coefficient (Wildman–Crippen LogP) is 3.23. The van der Waals surface area contributed by atoms with Crippen LogP contribution in [-0.2, 0) is 20.7 Å². The maximum Gasteiger partial charge on any atom is 0.307 e. The zero-order chi connectivity index (χ0) is 17.4. The van der Waals surface area contributed by atoms with Crippen LogP contribution in [0.15, 0.2) is 18.2 Å². The van der Waals surface area contributed by atoms with Crippen molar-refractivity contribution in [3.8, 4) is 0 Å². The fourth-order valence-corrected chi connectivity index (χ4v) is 2.24. The molecule has 5 nitrogen and oxygen atoms in total. The fraction of sp³-hybridized carbons (Fsp3) is 0.529. The van der Waals surface area contributed by atoms with E-state index in [1.165, 1.54) is 12.1 Å². The number of halogens is 1. The Hall–Kier alpha value is -1.95. The molecule has 1 unspecified atom stereocenters. The minimum Gasteiger partial charge on any atom is -0.481 e. The number of hydrogen-bond donors (Lipinski definition) is 2. The lowest BCUT2D eigenvalue weighted by atomic mass is 10.1. The largest absolute Gasteiger partial charge is 0.481 e. The Balaban J connectivity index is 2.42.